The average Bonchev–Trinajstić information content (AvgIpc) is 2.26. The van der Waals surface area contributed by atoms with E-state index in [9.17, 15) is 4.79 Å². The van der Waals surface area contributed by atoms with Gasteiger partial charge in [-0.3, -0.25) is 4.79 Å². The quantitative estimate of drug-likeness (QED) is 0.848. The molecule has 1 heterocycles. The van der Waals surface area contributed by atoms with Crippen molar-refractivity contribution in [3.63, 3.8) is 0 Å². The molecule has 1 aliphatic rings. The van der Waals surface area contributed by atoms with Crippen molar-refractivity contribution < 1.29 is 0 Å². The van der Waals surface area contributed by atoms with Gasteiger partial charge in [0, 0.05) is 18.5 Å². The van der Waals surface area contributed by atoms with Gasteiger partial charge in [-0.05, 0) is 41.6 Å². The Labute approximate surface area is 114 Å². The van der Waals surface area contributed by atoms with Crippen LogP contribution in [0.2, 0.25) is 0 Å². The molecular weight excluding hydrogens is 305 g/mol. The maximum atomic E-state index is 11.6. The Kier molecular flexibility index (Phi) is 4.45. The summed E-state index contributed by atoms with van der Waals surface area (Å²) < 4.78 is 0.515. The van der Waals surface area contributed by atoms with Crippen molar-refractivity contribution in [2.75, 3.05) is 17.3 Å². The smallest absolute Gasteiger partial charge is 0.267 e. The molecule has 1 fully saturated rings. The van der Waals surface area contributed by atoms with E-state index in [1.165, 1.54) is 25.6 Å². The summed E-state index contributed by atoms with van der Waals surface area (Å²) in [6.07, 6.45) is 5.95. The maximum absolute atomic E-state index is 11.6. The van der Waals surface area contributed by atoms with Gasteiger partial charge in [0.2, 0.25) is 0 Å². The average molecular weight is 321 g/mol. The summed E-state index contributed by atoms with van der Waals surface area (Å²) in [5, 5.41) is 0. The van der Waals surface area contributed by atoms with Crippen LogP contribution in [0, 0.1) is 0 Å². The molecule has 0 saturated heterocycles. The Morgan fingerprint density at radius 3 is 2.94 bits per heavy atom. The third-order valence-electron chi connectivity index (χ3n) is 3.10. The molecule has 1 aromatic heterocycles. The van der Waals surface area contributed by atoms with E-state index in [-0.39, 0.29) is 5.56 Å². The number of nitrogens with zero attached hydrogens (tertiary/aromatic N) is 2. The van der Waals surface area contributed by atoms with Crippen molar-refractivity contribution in [2.45, 2.75) is 31.7 Å². The van der Waals surface area contributed by atoms with Crippen LogP contribution in [0.1, 0.15) is 25.7 Å². The van der Waals surface area contributed by atoms with E-state index in [4.69, 9.17) is 11.6 Å². The summed E-state index contributed by atoms with van der Waals surface area (Å²) in [6, 6.07) is 0.504. The first kappa shape index (κ1) is 12.9. The second-order valence-electron chi connectivity index (χ2n) is 4.19. The molecule has 4 nitrogen and oxygen atoms in total. The molecule has 2 rings (SSSR count). The van der Waals surface area contributed by atoms with Crippen LogP contribution in [0.15, 0.2) is 15.6 Å². The summed E-state index contributed by atoms with van der Waals surface area (Å²) in [5.41, 5.74) is -0.134. The lowest BCUT2D eigenvalue weighted by Crippen LogP contribution is -2.42. The van der Waals surface area contributed by atoms with Gasteiger partial charge >= 0.3 is 0 Å². The molecule has 1 N–H and O–H groups in total. The predicted molar refractivity (Wildman–Crippen MR) is 72.9 cm³/mol. The molecule has 1 aromatic rings. The molecule has 1 saturated carbocycles. The van der Waals surface area contributed by atoms with Gasteiger partial charge in [0.05, 0.1) is 6.33 Å². The SMILES string of the molecule is O=c1[nH]cnc(N(CCCCl)C2CCC2)c1Br. The second-order valence-corrected chi connectivity index (χ2v) is 5.36. The van der Waals surface area contributed by atoms with Gasteiger partial charge in [-0.1, -0.05) is 0 Å². The highest BCUT2D eigenvalue weighted by atomic mass is 79.9. The maximum Gasteiger partial charge on any atom is 0.267 e. The number of H-pyrrole nitrogens is 1. The zero-order valence-corrected chi connectivity index (χ0v) is 11.8. The van der Waals surface area contributed by atoms with E-state index >= 15 is 0 Å². The lowest BCUT2D eigenvalue weighted by Gasteiger charge is -2.38. The molecule has 17 heavy (non-hydrogen) atoms. The molecule has 94 valence electrons. The summed E-state index contributed by atoms with van der Waals surface area (Å²) in [6.45, 7) is 0.850. The number of rotatable bonds is 5. The minimum atomic E-state index is -0.134. The van der Waals surface area contributed by atoms with Crippen molar-refractivity contribution in [3.8, 4) is 0 Å². The zero-order chi connectivity index (χ0) is 12.3. The van der Waals surface area contributed by atoms with Gasteiger partial charge in [-0.15, -0.1) is 11.6 Å². The number of aromatic nitrogens is 2. The molecule has 0 amide bonds. The van der Waals surface area contributed by atoms with Crippen molar-refractivity contribution in [2.24, 2.45) is 0 Å². The monoisotopic (exact) mass is 319 g/mol. The molecule has 0 aliphatic heterocycles. The Hall–Kier alpha value is -0.550. The van der Waals surface area contributed by atoms with E-state index in [0.29, 0.717) is 16.4 Å². The zero-order valence-electron chi connectivity index (χ0n) is 9.46. The fourth-order valence-corrected chi connectivity index (χ4v) is 2.53. The normalized spacial score (nSPS) is 15.6. The summed E-state index contributed by atoms with van der Waals surface area (Å²) in [4.78, 5) is 20.6. The second kappa shape index (κ2) is 5.87. The van der Waals surface area contributed by atoms with Gasteiger partial charge in [0.1, 0.15) is 4.47 Å². The number of hydrogen-bond acceptors (Lipinski definition) is 3. The van der Waals surface area contributed by atoms with Gasteiger partial charge in [-0.25, -0.2) is 4.98 Å². The van der Waals surface area contributed by atoms with E-state index < -0.39 is 0 Å². The first-order chi connectivity index (χ1) is 8.24. The first-order valence-corrected chi connectivity index (χ1v) is 7.12. The molecule has 1 aliphatic carbocycles. The standard InChI is InChI=1S/C11H15BrClN3O/c12-9-10(14-7-15-11(9)17)16(6-2-5-13)8-3-1-4-8/h7-8H,1-6H2,(H,14,15,17). The number of aromatic amines is 1. The fraction of sp³-hybridized carbons (Fsp3) is 0.636. The number of anilines is 1. The van der Waals surface area contributed by atoms with E-state index in [0.717, 1.165) is 18.8 Å². The first-order valence-electron chi connectivity index (χ1n) is 5.80. The molecule has 6 heteroatoms. The molecule has 0 unspecified atom stereocenters. The number of halogens is 2. The third-order valence-corrected chi connectivity index (χ3v) is 4.08. The molecule has 0 radical (unpaired) electrons. The van der Waals surface area contributed by atoms with Crippen LogP contribution >= 0.6 is 27.5 Å². The molecular formula is C11H15BrClN3O. The largest absolute Gasteiger partial charge is 0.352 e. The van der Waals surface area contributed by atoms with Crippen LogP contribution in [-0.2, 0) is 0 Å². The Morgan fingerprint density at radius 1 is 1.59 bits per heavy atom. The van der Waals surface area contributed by atoms with Crippen LogP contribution in [0.3, 0.4) is 0 Å². The van der Waals surface area contributed by atoms with Crippen molar-refractivity contribution >= 4 is 33.3 Å². The Bertz CT molecular complexity index is 433. The third kappa shape index (κ3) is 2.83. The van der Waals surface area contributed by atoms with Crippen LogP contribution in [0.5, 0.6) is 0 Å². The highest BCUT2D eigenvalue weighted by molar-refractivity contribution is 9.10. The number of nitrogens with one attached hydrogen (secondary N) is 1. The molecule has 0 atom stereocenters. The minimum absolute atomic E-state index is 0.134. The van der Waals surface area contributed by atoms with Crippen LogP contribution in [0.25, 0.3) is 0 Å². The number of alkyl halides is 1. The van der Waals surface area contributed by atoms with E-state index in [2.05, 4.69) is 30.8 Å². The summed E-state index contributed by atoms with van der Waals surface area (Å²) >= 11 is 9.06. The van der Waals surface area contributed by atoms with Crippen LogP contribution < -0.4 is 10.5 Å². The van der Waals surface area contributed by atoms with Crippen molar-refractivity contribution in [3.05, 3.63) is 21.2 Å². The van der Waals surface area contributed by atoms with Crippen LogP contribution in [0.4, 0.5) is 5.82 Å². The van der Waals surface area contributed by atoms with Gasteiger partial charge in [0.15, 0.2) is 5.82 Å². The van der Waals surface area contributed by atoms with E-state index in [1.54, 1.807) is 0 Å². The van der Waals surface area contributed by atoms with Gasteiger partial charge < -0.3 is 9.88 Å². The van der Waals surface area contributed by atoms with Crippen LogP contribution in [-0.4, -0.2) is 28.4 Å². The topological polar surface area (TPSA) is 49.0 Å². The Balaban J connectivity index is 2.24. The predicted octanol–water partition coefficient (Wildman–Crippen LogP) is 2.52. The van der Waals surface area contributed by atoms with E-state index in [1.807, 2.05) is 0 Å². The Morgan fingerprint density at radius 2 is 2.35 bits per heavy atom. The molecule has 0 spiro atoms. The van der Waals surface area contributed by atoms with Gasteiger partial charge in [0.25, 0.3) is 5.56 Å². The lowest BCUT2D eigenvalue weighted by atomic mass is 9.91. The lowest BCUT2D eigenvalue weighted by molar-refractivity contribution is 0.383. The molecule has 0 bridgehead atoms. The fourth-order valence-electron chi connectivity index (χ4n) is 1.96. The highest BCUT2D eigenvalue weighted by Crippen LogP contribution is 2.31. The summed E-state index contributed by atoms with van der Waals surface area (Å²) in [7, 11) is 0. The minimum Gasteiger partial charge on any atom is -0.352 e. The molecule has 0 aromatic carbocycles. The van der Waals surface area contributed by atoms with Gasteiger partial charge in [-0.2, -0.15) is 0 Å². The van der Waals surface area contributed by atoms with Crippen molar-refractivity contribution in [1.29, 1.82) is 0 Å². The van der Waals surface area contributed by atoms with Crippen molar-refractivity contribution in [1.82, 2.24) is 9.97 Å². The highest BCUT2D eigenvalue weighted by Gasteiger charge is 2.27. The number of hydrogen-bond donors (Lipinski definition) is 1. The summed E-state index contributed by atoms with van der Waals surface area (Å²) in [5.74, 6) is 1.37.